The van der Waals surface area contributed by atoms with Gasteiger partial charge in [0, 0.05) is 18.8 Å². The van der Waals surface area contributed by atoms with E-state index in [4.69, 9.17) is 4.74 Å². The molecule has 8 heteroatoms. The first kappa shape index (κ1) is 17.5. The zero-order valence-corrected chi connectivity index (χ0v) is 13.7. The molecule has 0 unspecified atom stereocenters. The van der Waals surface area contributed by atoms with Crippen LogP contribution >= 0.6 is 0 Å². The SMILES string of the molecule is CCCOC(=O)C1=C(C)N(C)C(=O)N[C@H]1c1ccccc1[N+](=O)[O-]. The van der Waals surface area contributed by atoms with E-state index in [9.17, 15) is 19.7 Å². The lowest BCUT2D eigenvalue weighted by Gasteiger charge is -2.33. The van der Waals surface area contributed by atoms with Crippen LogP contribution < -0.4 is 5.32 Å². The van der Waals surface area contributed by atoms with Crippen molar-refractivity contribution in [3.63, 3.8) is 0 Å². The van der Waals surface area contributed by atoms with Gasteiger partial charge in [0.05, 0.1) is 28.7 Å². The number of esters is 1. The van der Waals surface area contributed by atoms with Crippen LogP contribution in [0.15, 0.2) is 35.5 Å². The minimum atomic E-state index is -0.931. The highest BCUT2D eigenvalue weighted by molar-refractivity contribution is 5.95. The molecule has 0 aromatic heterocycles. The molecule has 0 radical (unpaired) electrons. The van der Waals surface area contributed by atoms with Gasteiger partial charge in [-0.05, 0) is 19.4 Å². The fourth-order valence-corrected chi connectivity index (χ4v) is 2.50. The van der Waals surface area contributed by atoms with Crippen molar-refractivity contribution < 1.29 is 19.2 Å². The molecule has 128 valence electrons. The summed E-state index contributed by atoms with van der Waals surface area (Å²) in [6.07, 6.45) is 0.649. The molecule has 2 amide bonds. The van der Waals surface area contributed by atoms with Gasteiger partial charge in [-0.1, -0.05) is 19.1 Å². The smallest absolute Gasteiger partial charge is 0.338 e. The number of benzene rings is 1. The first-order chi connectivity index (χ1) is 11.4. The van der Waals surface area contributed by atoms with Gasteiger partial charge < -0.3 is 15.0 Å². The summed E-state index contributed by atoms with van der Waals surface area (Å²) in [5, 5.41) is 13.9. The first-order valence-electron chi connectivity index (χ1n) is 7.53. The van der Waals surface area contributed by atoms with Gasteiger partial charge in [-0.2, -0.15) is 0 Å². The summed E-state index contributed by atoms with van der Waals surface area (Å²) in [4.78, 5) is 36.6. The highest BCUT2D eigenvalue weighted by Crippen LogP contribution is 2.35. The number of nitro benzene ring substituents is 1. The molecule has 1 aliphatic rings. The molecular weight excluding hydrogens is 314 g/mol. The largest absolute Gasteiger partial charge is 0.462 e. The molecule has 0 fully saturated rings. The molecule has 0 saturated heterocycles. The molecule has 0 bridgehead atoms. The number of urea groups is 1. The molecule has 1 aliphatic heterocycles. The standard InChI is InChI=1S/C16H19N3O5/c1-4-9-24-15(20)13-10(2)18(3)16(21)17-14(13)11-7-5-6-8-12(11)19(22)23/h5-8,14H,4,9H2,1-3H3,(H,17,21)/t14-/m0/s1. The van der Waals surface area contributed by atoms with Crippen LogP contribution in [-0.4, -0.2) is 35.5 Å². The first-order valence-corrected chi connectivity index (χ1v) is 7.53. The number of ether oxygens (including phenoxy) is 1. The third kappa shape index (κ3) is 3.22. The summed E-state index contributed by atoms with van der Waals surface area (Å²) in [7, 11) is 1.52. The van der Waals surface area contributed by atoms with Gasteiger partial charge in [0.2, 0.25) is 0 Å². The van der Waals surface area contributed by atoms with Crippen molar-refractivity contribution >= 4 is 17.7 Å². The van der Waals surface area contributed by atoms with E-state index in [1.165, 1.54) is 30.1 Å². The molecule has 0 aliphatic carbocycles. The second-order valence-corrected chi connectivity index (χ2v) is 5.39. The van der Waals surface area contributed by atoms with Crippen molar-refractivity contribution in [3.8, 4) is 0 Å². The molecule has 1 N–H and O–H groups in total. The Labute approximate surface area is 139 Å². The Morgan fingerprint density at radius 1 is 1.42 bits per heavy atom. The van der Waals surface area contributed by atoms with E-state index in [1.807, 2.05) is 6.92 Å². The molecule has 0 spiro atoms. The highest BCUT2D eigenvalue weighted by atomic mass is 16.6. The number of para-hydroxylation sites is 1. The number of carbonyl (C=O) groups is 2. The van der Waals surface area contributed by atoms with Crippen LogP contribution in [0.3, 0.4) is 0 Å². The van der Waals surface area contributed by atoms with Crippen LogP contribution in [0.25, 0.3) is 0 Å². The van der Waals surface area contributed by atoms with Crippen LogP contribution in [0.2, 0.25) is 0 Å². The Hall–Kier alpha value is -2.90. The third-order valence-corrected chi connectivity index (χ3v) is 3.86. The maximum atomic E-state index is 12.5. The molecule has 1 heterocycles. The van der Waals surface area contributed by atoms with Crippen molar-refractivity contribution in [2.45, 2.75) is 26.3 Å². The van der Waals surface area contributed by atoms with Crippen molar-refractivity contribution in [2.24, 2.45) is 0 Å². The number of nitro groups is 1. The van der Waals surface area contributed by atoms with Gasteiger partial charge >= 0.3 is 12.0 Å². The van der Waals surface area contributed by atoms with E-state index in [2.05, 4.69) is 5.32 Å². The lowest BCUT2D eigenvalue weighted by Crippen LogP contribution is -2.46. The second-order valence-electron chi connectivity index (χ2n) is 5.39. The zero-order chi connectivity index (χ0) is 17.9. The predicted molar refractivity (Wildman–Crippen MR) is 86.1 cm³/mol. The Balaban J connectivity index is 2.56. The summed E-state index contributed by atoms with van der Waals surface area (Å²) >= 11 is 0. The second kappa shape index (κ2) is 7.12. The van der Waals surface area contributed by atoms with Crippen LogP contribution in [0.5, 0.6) is 0 Å². The van der Waals surface area contributed by atoms with Crippen LogP contribution in [0, 0.1) is 10.1 Å². The van der Waals surface area contributed by atoms with E-state index in [0.717, 1.165) is 0 Å². The molecule has 1 aromatic carbocycles. The topological polar surface area (TPSA) is 102 Å². The van der Waals surface area contributed by atoms with Crippen molar-refractivity contribution in [2.75, 3.05) is 13.7 Å². The van der Waals surface area contributed by atoms with Gasteiger partial charge in [-0.3, -0.25) is 10.1 Å². The summed E-state index contributed by atoms with van der Waals surface area (Å²) in [5.74, 6) is -0.593. The summed E-state index contributed by atoms with van der Waals surface area (Å²) in [6, 6.07) is 4.64. The minimum absolute atomic E-state index is 0.166. The number of allylic oxidation sites excluding steroid dienone is 1. The molecule has 2 rings (SSSR count). The van der Waals surface area contributed by atoms with Gasteiger partial charge in [-0.25, -0.2) is 9.59 Å². The zero-order valence-electron chi connectivity index (χ0n) is 13.7. The van der Waals surface area contributed by atoms with Crippen LogP contribution in [0.4, 0.5) is 10.5 Å². The fraction of sp³-hybridized carbons (Fsp3) is 0.375. The molecule has 24 heavy (non-hydrogen) atoms. The molecule has 8 nitrogen and oxygen atoms in total. The van der Waals surface area contributed by atoms with Crippen LogP contribution in [-0.2, 0) is 9.53 Å². The van der Waals surface area contributed by atoms with Crippen LogP contribution in [0.1, 0.15) is 31.9 Å². The average Bonchev–Trinajstić information content (AvgIpc) is 2.57. The monoisotopic (exact) mass is 333 g/mol. The number of nitrogens with zero attached hydrogens (tertiary/aromatic N) is 2. The Kier molecular flexibility index (Phi) is 5.18. The summed E-state index contributed by atoms with van der Waals surface area (Å²) in [5.41, 5.74) is 0.676. The van der Waals surface area contributed by atoms with Gasteiger partial charge in [-0.15, -0.1) is 0 Å². The molecular formula is C16H19N3O5. The van der Waals surface area contributed by atoms with E-state index in [1.54, 1.807) is 13.0 Å². The van der Waals surface area contributed by atoms with Gasteiger partial charge in [0.25, 0.3) is 5.69 Å². The van der Waals surface area contributed by atoms with Gasteiger partial charge in [0.1, 0.15) is 0 Å². The molecule has 1 aromatic rings. The number of amides is 2. The fourth-order valence-electron chi connectivity index (χ4n) is 2.50. The van der Waals surface area contributed by atoms with Gasteiger partial charge in [0.15, 0.2) is 0 Å². The van der Waals surface area contributed by atoms with E-state index in [0.29, 0.717) is 12.1 Å². The average molecular weight is 333 g/mol. The van der Waals surface area contributed by atoms with Crippen molar-refractivity contribution in [1.82, 2.24) is 10.2 Å². The quantitative estimate of drug-likeness (QED) is 0.507. The number of nitrogens with one attached hydrogen (secondary N) is 1. The molecule has 0 saturated carbocycles. The number of rotatable bonds is 5. The Morgan fingerprint density at radius 3 is 2.71 bits per heavy atom. The lowest BCUT2D eigenvalue weighted by molar-refractivity contribution is -0.385. The Bertz CT molecular complexity index is 713. The summed E-state index contributed by atoms with van der Waals surface area (Å²) < 4.78 is 5.19. The normalized spacial score (nSPS) is 17.5. The predicted octanol–water partition coefficient (Wildman–Crippen LogP) is 2.52. The van der Waals surface area contributed by atoms with Crippen molar-refractivity contribution in [3.05, 3.63) is 51.2 Å². The Morgan fingerprint density at radius 2 is 2.08 bits per heavy atom. The van der Waals surface area contributed by atoms with Crippen molar-refractivity contribution in [1.29, 1.82) is 0 Å². The number of hydrogen-bond acceptors (Lipinski definition) is 5. The number of carbonyl (C=O) groups excluding carboxylic acids is 2. The summed E-state index contributed by atoms with van der Waals surface area (Å²) in [6.45, 7) is 3.71. The van der Waals surface area contributed by atoms with E-state index < -0.39 is 23.0 Å². The highest BCUT2D eigenvalue weighted by Gasteiger charge is 2.37. The lowest BCUT2D eigenvalue weighted by atomic mass is 9.94. The number of hydrogen-bond donors (Lipinski definition) is 1. The maximum absolute atomic E-state index is 12.5. The van der Waals surface area contributed by atoms with E-state index in [-0.39, 0.29) is 23.4 Å². The minimum Gasteiger partial charge on any atom is -0.462 e. The maximum Gasteiger partial charge on any atom is 0.338 e. The van der Waals surface area contributed by atoms with E-state index >= 15 is 0 Å². The third-order valence-electron chi connectivity index (χ3n) is 3.86. The molecule has 1 atom stereocenters.